The Morgan fingerprint density at radius 2 is 2.12 bits per heavy atom. The molecule has 0 saturated carbocycles. The van der Waals surface area contributed by atoms with E-state index in [0.717, 1.165) is 31.8 Å². The summed E-state index contributed by atoms with van der Waals surface area (Å²) in [7, 11) is 2.10. The number of hydrogen-bond donors (Lipinski definition) is 3. The van der Waals surface area contributed by atoms with Crippen molar-refractivity contribution in [3.05, 3.63) is 35.9 Å². The van der Waals surface area contributed by atoms with Gasteiger partial charge in [0.1, 0.15) is 5.60 Å². The number of guanidine groups is 1. The summed E-state index contributed by atoms with van der Waals surface area (Å²) in [4.78, 5) is 6.80. The van der Waals surface area contributed by atoms with Crippen LogP contribution in [0.5, 0.6) is 0 Å². The van der Waals surface area contributed by atoms with Crippen molar-refractivity contribution in [1.29, 1.82) is 0 Å². The molecule has 0 aromatic heterocycles. The lowest BCUT2D eigenvalue weighted by Crippen LogP contribution is -2.48. The fourth-order valence-electron chi connectivity index (χ4n) is 2.66. The van der Waals surface area contributed by atoms with Crippen LogP contribution in [0.15, 0.2) is 35.3 Å². The quantitative estimate of drug-likeness (QED) is 0.530. The Labute approximate surface area is 144 Å². The van der Waals surface area contributed by atoms with Crippen LogP contribution in [-0.2, 0) is 10.3 Å². The minimum atomic E-state index is -0.995. The molecule has 134 valence electrons. The number of nitrogens with one attached hydrogen (secondary N) is 2. The molecule has 3 N–H and O–H groups in total. The highest BCUT2D eigenvalue weighted by Crippen LogP contribution is 2.20. The highest BCUT2D eigenvalue weighted by Gasteiger charge is 2.23. The highest BCUT2D eigenvalue weighted by molar-refractivity contribution is 5.79. The van der Waals surface area contributed by atoms with E-state index in [9.17, 15) is 5.11 Å². The summed E-state index contributed by atoms with van der Waals surface area (Å²) >= 11 is 0. The Bertz CT molecular complexity index is 519. The number of nitrogens with zero attached hydrogens (tertiary/aromatic N) is 2. The summed E-state index contributed by atoms with van der Waals surface area (Å²) < 4.78 is 5.76. The lowest BCUT2D eigenvalue weighted by atomic mass is 9.96. The van der Waals surface area contributed by atoms with Gasteiger partial charge >= 0.3 is 0 Å². The molecular weight excluding hydrogens is 304 g/mol. The molecule has 1 aromatic carbocycles. The van der Waals surface area contributed by atoms with Crippen molar-refractivity contribution in [3.63, 3.8) is 0 Å². The Morgan fingerprint density at radius 3 is 2.79 bits per heavy atom. The molecule has 1 aliphatic rings. The van der Waals surface area contributed by atoms with Crippen LogP contribution in [0.4, 0.5) is 0 Å². The lowest BCUT2D eigenvalue weighted by molar-refractivity contribution is -0.0161. The van der Waals surface area contributed by atoms with Gasteiger partial charge in [0, 0.05) is 26.2 Å². The Balaban J connectivity index is 1.92. The maximum atomic E-state index is 10.7. The maximum Gasteiger partial charge on any atom is 0.191 e. The summed E-state index contributed by atoms with van der Waals surface area (Å²) in [6.07, 6.45) is 0.155. The second kappa shape index (κ2) is 9.01. The molecule has 0 spiro atoms. The molecule has 2 unspecified atom stereocenters. The number of likely N-dealkylation sites (N-methyl/N-ethyl adjacent to an activating group) is 1. The summed E-state index contributed by atoms with van der Waals surface area (Å²) in [6, 6.07) is 9.63. The van der Waals surface area contributed by atoms with Gasteiger partial charge in [0.15, 0.2) is 5.96 Å². The summed E-state index contributed by atoms with van der Waals surface area (Å²) in [6.45, 7) is 8.22. The van der Waals surface area contributed by atoms with E-state index in [-0.39, 0.29) is 12.6 Å². The van der Waals surface area contributed by atoms with Crippen molar-refractivity contribution in [2.24, 2.45) is 4.99 Å². The Kier molecular flexibility index (Phi) is 7.02. The lowest BCUT2D eigenvalue weighted by Gasteiger charge is -2.30. The van der Waals surface area contributed by atoms with Gasteiger partial charge < -0.3 is 25.4 Å². The first-order valence-electron chi connectivity index (χ1n) is 8.61. The smallest absolute Gasteiger partial charge is 0.191 e. The van der Waals surface area contributed by atoms with Crippen LogP contribution >= 0.6 is 0 Å². The van der Waals surface area contributed by atoms with Crippen LogP contribution in [-0.4, -0.2) is 68.4 Å². The molecule has 1 saturated heterocycles. The van der Waals surface area contributed by atoms with Gasteiger partial charge in [0.2, 0.25) is 0 Å². The average molecular weight is 334 g/mol. The van der Waals surface area contributed by atoms with E-state index in [0.29, 0.717) is 12.5 Å². The van der Waals surface area contributed by atoms with Gasteiger partial charge in [-0.3, -0.25) is 0 Å². The van der Waals surface area contributed by atoms with Crippen LogP contribution in [0.1, 0.15) is 19.4 Å². The van der Waals surface area contributed by atoms with Gasteiger partial charge in [-0.15, -0.1) is 0 Å². The Morgan fingerprint density at radius 1 is 1.38 bits per heavy atom. The summed E-state index contributed by atoms with van der Waals surface area (Å²) in [5.74, 6) is 0.700. The first-order chi connectivity index (χ1) is 11.5. The van der Waals surface area contributed by atoms with Crippen LogP contribution < -0.4 is 10.6 Å². The molecule has 1 heterocycles. The van der Waals surface area contributed by atoms with Crippen molar-refractivity contribution < 1.29 is 9.84 Å². The molecule has 24 heavy (non-hydrogen) atoms. The minimum absolute atomic E-state index is 0.155. The molecular formula is C18H30N4O2. The molecule has 6 heteroatoms. The zero-order valence-corrected chi connectivity index (χ0v) is 15.0. The molecule has 0 aliphatic carbocycles. The number of morpholine rings is 1. The van der Waals surface area contributed by atoms with Gasteiger partial charge in [0.05, 0.1) is 19.3 Å². The third-order valence-electron chi connectivity index (χ3n) is 4.12. The van der Waals surface area contributed by atoms with Crippen LogP contribution in [0.3, 0.4) is 0 Å². The fraction of sp³-hybridized carbons (Fsp3) is 0.611. The first-order valence-corrected chi connectivity index (χ1v) is 8.61. The third-order valence-corrected chi connectivity index (χ3v) is 4.12. The fourth-order valence-corrected chi connectivity index (χ4v) is 2.66. The van der Waals surface area contributed by atoms with E-state index in [1.807, 2.05) is 37.3 Å². The molecule has 0 radical (unpaired) electrons. The van der Waals surface area contributed by atoms with Crippen molar-refractivity contribution in [2.75, 3.05) is 46.4 Å². The topological polar surface area (TPSA) is 69.1 Å². The monoisotopic (exact) mass is 334 g/mol. The Hall–Kier alpha value is -1.63. The summed E-state index contributed by atoms with van der Waals surface area (Å²) in [5, 5.41) is 17.2. The van der Waals surface area contributed by atoms with Gasteiger partial charge in [-0.05, 0) is 26.5 Å². The van der Waals surface area contributed by atoms with Gasteiger partial charge in [-0.25, -0.2) is 4.99 Å². The first kappa shape index (κ1) is 18.7. The standard InChI is InChI=1S/C18H30N4O2/c1-4-19-17(20-12-16-13-22(3)10-11-24-16)21-14-18(2,23)15-8-6-5-7-9-15/h5-9,16,23H,4,10-14H2,1-3H3,(H2,19,20,21). The van der Waals surface area contributed by atoms with E-state index >= 15 is 0 Å². The van der Waals surface area contributed by atoms with Crippen molar-refractivity contribution in [3.8, 4) is 0 Å². The molecule has 0 amide bonds. The zero-order chi connectivity index (χ0) is 17.4. The molecule has 2 rings (SSSR count). The van der Waals surface area contributed by atoms with Gasteiger partial charge in [0.25, 0.3) is 0 Å². The maximum absolute atomic E-state index is 10.7. The van der Waals surface area contributed by atoms with Crippen LogP contribution in [0.25, 0.3) is 0 Å². The van der Waals surface area contributed by atoms with Gasteiger partial charge in [-0.2, -0.15) is 0 Å². The minimum Gasteiger partial charge on any atom is -0.384 e. The van der Waals surface area contributed by atoms with E-state index in [4.69, 9.17) is 4.74 Å². The SMILES string of the molecule is CCNC(=NCC(C)(O)c1ccccc1)NCC1CN(C)CCO1. The predicted octanol–water partition coefficient (Wildman–Crippen LogP) is 0.780. The van der Waals surface area contributed by atoms with E-state index in [1.165, 1.54) is 0 Å². The highest BCUT2D eigenvalue weighted by atomic mass is 16.5. The average Bonchev–Trinajstić information content (AvgIpc) is 2.58. The number of ether oxygens (including phenoxy) is 1. The van der Waals surface area contributed by atoms with Crippen LogP contribution in [0, 0.1) is 0 Å². The largest absolute Gasteiger partial charge is 0.384 e. The van der Waals surface area contributed by atoms with E-state index < -0.39 is 5.60 Å². The second-order valence-corrected chi connectivity index (χ2v) is 6.47. The third kappa shape index (κ3) is 5.78. The number of benzene rings is 1. The van der Waals surface area contributed by atoms with Crippen molar-refractivity contribution in [2.45, 2.75) is 25.6 Å². The molecule has 1 aliphatic heterocycles. The molecule has 6 nitrogen and oxygen atoms in total. The zero-order valence-electron chi connectivity index (χ0n) is 15.0. The normalized spacial score (nSPS) is 22.0. The molecule has 0 bridgehead atoms. The van der Waals surface area contributed by atoms with Gasteiger partial charge in [-0.1, -0.05) is 30.3 Å². The van der Waals surface area contributed by atoms with E-state index in [1.54, 1.807) is 6.92 Å². The molecule has 1 fully saturated rings. The predicted molar refractivity (Wildman–Crippen MR) is 97.2 cm³/mol. The number of rotatable bonds is 6. The molecule has 1 aromatic rings. The number of aliphatic imine (C=N–C) groups is 1. The summed E-state index contributed by atoms with van der Waals surface area (Å²) in [5.41, 5.74) is -0.132. The van der Waals surface area contributed by atoms with E-state index in [2.05, 4.69) is 27.6 Å². The van der Waals surface area contributed by atoms with Crippen molar-refractivity contribution in [1.82, 2.24) is 15.5 Å². The van der Waals surface area contributed by atoms with Crippen molar-refractivity contribution >= 4 is 5.96 Å². The number of aliphatic hydroxyl groups is 1. The molecule has 2 atom stereocenters. The van der Waals surface area contributed by atoms with Crippen LogP contribution in [0.2, 0.25) is 0 Å². The number of hydrogen-bond acceptors (Lipinski definition) is 4. The second-order valence-electron chi connectivity index (χ2n) is 6.47.